The van der Waals surface area contributed by atoms with Crippen molar-refractivity contribution in [2.24, 2.45) is 0 Å². The summed E-state index contributed by atoms with van der Waals surface area (Å²) in [5.74, 6) is -1.35. The number of fused-ring (bicyclic) bond motifs is 1. The number of thiocarbonyl (C=S) groups is 1. The summed E-state index contributed by atoms with van der Waals surface area (Å²) in [6.07, 6.45) is 0.706. The number of halogens is 1. The van der Waals surface area contributed by atoms with E-state index < -0.39 is 12.0 Å². The highest BCUT2D eigenvalue weighted by atomic mass is 32.1. The van der Waals surface area contributed by atoms with Gasteiger partial charge in [-0.05, 0) is 54.5 Å². The van der Waals surface area contributed by atoms with Gasteiger partial charge in [0.15, 0.2) is 5.11 Å². The molecule has 1 heterocycles. The monoisotopic (exact) mass is 403 g/mol. The molecule has 0 saturated heterocycles. The summed E-state index contributed by atoms with van der Waals surface area (Å²) in [6.45, 7) is 2.06. The Bertz CT molecular complexity index is 973. The number of nitrogens with one attached hydrogen (secondary N) is 2. The van der Waals surface area contributed by atoms with E-state index in [-0.39, 0.29) is 12.2 Å². The van der Waals surface area contributed by atoms with Gasteiger partial charge in [0.1, 0.15) is 5.82 Å². The summed E-state index contributed by atoms with van der Waals surface area (Å²) in [7, 11) is 0. The molecule has 140 valence electrons. The van der Waals surface area contributed by atoms with Crippen LogP contribution < -0.4 is 10.6 Å². The van der Waals surface area contributed by atoms with Gasteiger partial charge < -0.3 is 15.7 Å². The number of benzene rings is 2. The van der Waals surface area contributed by atoms with Crippen LogP contribution in [0.2, 0.25) is 0 Å². The fourth-order valence-electron chi connectivity index (χ4n) is 2.65. The van der Waals surface area contributed by atoms with Gasteiger partial charge in [-0.2, -0.15) is 0 Å². The highest BCUT2D eigenvalue weighted by Crippen LogP contribution is 2.26. The Hall–Kier alpha value is -2.58. The number of anilines is 1. The molecule has 5 nitrogen and oxygen atoms in total. The third-order valence-corrected chi connectivity index (χ3v) is 5.33. The Morgan fingerprint density at radius 3 is 2.70 bits per heavy atom. The van der Waals surface area contributed by atoms with Gasteiger partial charge in [-0.25, -0.2) is 9.37 Å². The van der Waals surface area contributed by atoms with Gasteiger partial charge in [0.05, 0.1) is 27.7 Å². The molecule has 0 fully saturated rings. The van der Waals surface area contributed by atoms with E-state index in [9.17, 15) is 9.18 Å². The van der Waals surface area contributed by atoms with Crippen molar-refractivity contribution in [1.29, 1.82) is 0 Å². The lowest BCUT2D eigenvalue weighted by Gasteiger charge is -2.20. The number of carbonyl (C=O) groups is 1. The highest BCUT2D eigenvalue weighted by molar-refractivity contribution is 7.80. The van der Waals surface area contributed by atoms with Gasteiger partial charge in [0.25, 0.3) is 0 Å². The van der Waals surface area contributed by atoms with Crippen LogP contribution in [0.25, 0.3) is 10.2 Å². The summed E-state index contributed by atoms with van der Waals surface area (Å²) in [6, 6.07) is 10.9. The number of rotatable bonds is 6. The average Bonchev–Trinajstić information content (AvgIpc) is 3.04. The normalized spacial score (nSPS) is 11.9. The van der Waals surface area contributed by atoms with Crippen LogP contribution in [-0.4, -0.2) is 21.2 Å². The van der Waals surface area contributed by atoms with E-state index in [0.29, 0.717) is 10.7 Å². The number of hydrogen-bond acceptors (Lipinski definition) is 4. The number of nitrogens with zero attached hydrogens (tertiary/aromatic N) is 1. The standard InChI is InChI=1S/C19H18FN3O2S2/c1-2-17-22-14-8-7-13(9-16(14)27-17)21-19(26)23-15(10-18(24)25)11-3-5-12(20)6-4-11/h3-9,15H,2,10H2,1H3,(H,24,25)(H2,21,23,26)/t15-/m1/s1. The van der Waals surface area contributed by atoms with E-state index in [1.54, 1.807) is 23.5 Å². The number of thiazole rings is 1. The predicted octanol–water partition coefficient (Wildman–Crippen LogP) is 4.50. The molecule has 0 radical (unpaired) electrons. The van der Waals surface area contributed by atoms with Gasteiger partial charge in [-0.3, -0.25) is 4.79 Å². The van der Waals surface area contributed by atoms with Gasteiger partial charge >= 0.3 is 5.97 Å². The summed E-state index contributed by atoms with van der Waals surface area (Å²) in [5, 5.41) is 16.6. The van der Waals surface area contributed by atoms with E-state index in [1.807, 2.05) is 18.2 Å². The zero-order valence-corrected chi connectivity index (χ0v) is 16.2. The molecule has 8 heteroatoms. The second kappa shape index (κ2) is 8.41. The van der Waals surface area contributed by atoms with E-state index in [4.69, 9.17) is 17.3 Å². The molecule has 0 saturated carbocycles. The van der Waals surface area contributed by atoms with E-state index in [0.717, 1.165) is 27.3 Å². The molecular weight excluding hydrogens is 385 g/mol. The van der Waals surface area contributed by atoms with Crippen molar-refractivity contribution in [1.82, 2.24) is 10.3 Å². The Labute approximate surface area is 165 Å². The van der Waals surface area contributed by atoms with Gasteiger partial charge in [-0.1, -0.05) is 19.1 Å². The van der Waals surface area contributed by atoms with Crippen molar-refractivity contribution in [3.05, 3.63) is 58.9 Å². The number of hydrogen-bond donors (Lipinski definition) is 3. The molecule has 0 aliphatic heterocycles. The van der Waals surface area contributed by atoms with Crippen LogP contribution in [-0.2, 0) is 11.2 Å². The predicted molar refractivity (Wildman–Crippen MR) is 110 cm³/mol. The second-order valence-electron chi connectivity index (χ2n) is 5.94. The maximum Gasteiger partial charge on any atom is 0.305 e. The molecule has 1 atom stereocenters. The second-order valence-corrected chi connectivity index (χ2v) is 7.47. The third-order valence-electron chi connectivity index (χ3n) is 3.95. The Morgan fingerprint density at radius 1 is 1.30 bits per heavy atom. The smallest absolute Gasteiger partial charge is 0.305 e. The molecule has 0 unspecified atom stereocenters. The number of carboxylic acid groups (broad SMARTS) is 1. The quantitative estimate of drug-likeness (QED) is 0.526. The fraction of sp³-hybridized carbons (Fsp3) is 0.211. The molecule has 0 amide bonds. The number of aromatic nitrogens is 1. The molecular formula is C19H18FN3O2S2. The topological polar surface area (TPSA) is 74.2 Å². The molecule has 2 aromatic carbocycles. The molecule has 0 aliphatic carbocycles. The van der Waals surface area contributed by atoms with Crippen molar-refractivity contribution >= 4 is 50.5 Å². The van der Waals surface area contributed by atoms with Crippen molar-refractivity contribution in [2.75, 3.05) is 5.32 Å². The average molecular weight is 404 g/mol. The zero-order valence-electron chi connectivity index (χ0n) is 14.5. The summed E-state index contributed by atoms with van der Waals surface area (Å²) in [4.78, 5) is 15.7. The molecule has 3 rings (SSSR count). The van der Waals surface area contributed by atoms with Crippen LogP contribution in [0.1, 0.15) is 30.0 Å². The first-order valence-electron chi connectivity index (χ1n) is 8.39. The minimum Gasteiger partial charge on any atom is -0.481 e. The molecule has 0 aliphatic rings. The van der Waals surface area contributed by atoms with Crippen molar-refractivity contribution in [3.8, 4) is 0 Å². The third kappa shape index (κ3) is 4.99. The zero-order chi connectivity index (χ0) is 19.4. The molecule has 1 aromatic heterocycles. The lowest BCUT2D eigenvalue weighted by atomic mass is 10.0. The largest absolute Gasteiger partial charge is 0.481 e. The van der Waals surface area contributed by atoms with Crippen LogP contribution in [0.4, 0.5) is 10.1 Å². The first-order chi connectivity index (χ1) is 12.9. The van der Waals surface area contributed by atoms with Crippen LogP contribution in [0, 0.1) is 5.82 Å². The minimum atomic E-state index is -0.974. The minimum absolute atomic E-state index is 0.179. The lowest BCUT2D eigenvalue weighted by molar-refractivity contribution is -0.137. The molecule has 0 spiro atoms. The van der Waals surface area contributed by atoms with Gasteiger partial charge in [0.2, 0.25) is 0 Å². The van der Waals surface area contributed by atoms with Crippen LogP contribution >= 0.6 is 23.6 Å². The first kappa shape index (κ1) is 19.2. The maximum absolute atomic E-state index is 13.1. The molecule has 3 N–H and O–H groups in total. The lowest BCUT2D eigenvalue weighted by Crippen LogP contribution is -2.33. The van der Waals surface area contributed by atoms with E-state index >= 15 is 0 Å². The van der Waals surface area contributed by atoms with Crippen LogP contribution in [0.5, 0.6) is 0 Å². The van der Waals surface area contributed by atoms with Crippen molar-refractivity contribution < 1.29 is 14.3 Å². The van der Waals surface area contributed by atoms with Gasteiger partial charge in [-0.15, -0.1) is 11.3 Å². The number of aryl methyl sites for hydroxylation is 1. The van der Waals surface area contributed by atoms with Crippen molar-refractivity contribution in [3.63, 3.8) is 0 Å². The molecule has 0 bridgehead atoms. The van der Waals surface area contributed by atoms with Crippen molar-refractivity contribution in [2.45, 2.75) is 25.8 Å². The highest BCUT2D eigenvalue weighted by Gasteiger charge is 2.17. The Balaban J connectivity index is 1.73. The summed E-state index contributed by atoms with van der Waals surface area (Å²) < 4.78 is 14.2. The van der Waals surface area contributed by atoms with Crippen LogP contribution in [0.3, 0.4) is 0 Å². The van der Waals surface area contributed by atoms with Crippen LogP contribution in [0.15, 0.2) is 42.5 Å². The van der Waals surface area contributed by atoms with E-state index in [1.165, 1.54) is 12.1 Å². The maximum atomic E-state index is 13.1. The SMILES string of the molecule is CCc1nc2ccc(NC(=S)N[C@H](CC(=O)O)c3ccc(F)cc3)cc2s1. The van der Waals surface area contributed by atoms with Gasteiger partial charge in [0, 0.05) is 5.69 Å². The number of carboxylic acids is 1. The molecule has 3 aromatic rings. The van der Waals surface area contributed by atoms with E-state index in [2.05, 4.69) is 22.5 Å². The fourth-order valence-corrected chi connectivity index (χ4v) is 3.86. The Morgan fingerprint density at radius 2 is 2.04 bits per heavy atom. The number of aliphatic carboxylic acids is 1. The Kier molecular flexibility index (Phi) is 5.98. The summed E-state index contributed by atoms with van der Waals surface area (Å²) >= 11 is 6.97. The molecule has 27 heavy (non-hydrogen) atoms. The summed E-state index contributed by atoms with van der Waals surface area (Å²) in [5.41, 5.74) is 2.38. The first-order valence-corrected chi connectivity index (χ1v) is 9.61.